The Hall–Kier alpha value is -1.66. The molecule has 0 aliphatic rings. The lowest BCUT2D eigenvalue weighted by molar-refractivity contribution is -0.139. The highest BCUT2D eigenvalue weighted by atomic mass is 35.5. The minimum absolute atomic E-state index is 0.0784. The molecule has 0 radical (unpaired) electrons. The second kappa shape index (κ2) is 6.32. The highest BCUT2D eigenvalue weighted by Gasteiger charge is 2.12. The lowest BCUT2D eigenvalue weighted by Crippen LogP contribution is -2.39. The zero-order chi connectivity index (χ0) is 13.7. The van der Waals surface area contributed by atoms with E-state index >= 15 is 0 Å². The third kappa shape index (κ3) is 4.31. The summed E-state index contributed by atoms with van der Waals surface area (Å²) in [6.45, 7) is 1.24. The Bertz CT molecular complexity index is 468. The molecule has 0 saturated carbocycles. The van der Waals surface area contributed by atoms with Gasteiger partial charge in [-0.15, -0.1) is 0 Å². The number of carboxylic acid groups (broad SMARTS) is 1. The molecule has 1 atom stereocenters. The lowest BCUT2D eigenvalue weighted by Gasteiger charge is -2.10. The summed E-state index contributed by atoms with van der Waals surface area (Å²) in [6.07, 6.45) is 0. The molecule has 1 rings (SSSR count). The average Bonchev–Trinajstić information content (AvgIpc) is 2.29. The number of carboxylic acids is 1. The van der Waals surface area contributed by atoms with E-state index in [-0.39, 0.29) is 17.3 Å². The van der Waals surface area contributed by atoms with Gasteiger partial charge in [-0.3, -0.25) is 14.9 Å². The maximum absolute atomic E-state index is 12.8. The average molecular weight is 275 g/mol. The van der Waals surface area contributed by atoms with Gasteiger partial charge in [0, 0.05) is 0 Å². The number of hydrogen-bond donors (Lipinski definition) is 3. The fraction of sp³-hybridized carbons (Fsp3) is 0.273. The van der Waals surface area contributed by atoms with Gasteiger partial charge in [0.05, 0.1) is 17.3 Å². The summed E-state index contributed by atoms with van der Waals surface area (Å²) in [7, 11) is 0. The van der Waals surface area contributed by atoms with Crippen LogP contribution in [0.2, 0.25) is 5.02 Å². The van der Waals surface area contributed by atoms with Gasteiger partial charge >= 0.3 is 5.97 Å². The van der Waals surface area contributed by atoms with Crippen LogP contribution in [0.3, 0.4) is 0 Å². The van der Waals surface area contributed by atoms with Gasteiger partial charge in [0.25, 0.3) is 0 Å². The van der Waals surface area contributed by atoms with E-state index in [4.69, 9.17) is 16.7 Å². The van der Waals surface area contributed by atoms with Gasteiger partial charge in [0.1, 0.15) is 11.9 Å². The van der Waals surface area contributed by atoms with Crippen LogP contribution in [0.4, 0.5) is 10.1 Å². The molecule has 0 spiro atoms. The zero-order valence-electron chi connectivity index (χ0n) is 9.54. The molecule has 98 valence electrons. The van der Waals surface area contributed by atoms with E-state index in [2.05, 4.69) is 10.6 Å². The van der Waals surface area contributed by atoms with Crippen molar-refractivity contribution in [2.75, 3.05) is 11.9 Å². The third-order valence-corrected chi connectivity index (χ3v) is 2.46. The number of hydrogen-bond acceptors (Lipinski definition) is 3. The number of halogens is 2. The van der Waals surface area contributed by atoms with E-state index in [1.165, 1.54) is 13.0 Å². The van der Waals surface area contributed by atoms with Gasteiger partial charge in [-0.25, -0.2) is 4.39 Å². The normalized spacial score (nSPS) is 11.9. The van der Waals surface area contributed by atoms with Gasteiger partial charge in [0.2, 0.25) is 5.91 Å². The first kappa shape index (κ1) is 14.4. The smallest absolute Gasteiger partial charge is 0.320 e. The summed E-state index contributed by atoms with van der Waals surface area (Å²) < 4.78 is 12.8. The largest absolute Gasteiger partial charge is 0.480 e. The first-order valence-corrected chi connectivity index (χ1v) is 5.49. The fourth-order valence-corrected chi connectivity index (χ4v) is 1.33. The van der Waals surface area contributed by atoms with Crippen LogP contribution in [0.15, 0.2) is 18.2 Å². The van der Waals surface area contributed by atoms with Crippen LogP contribution in [0.1, 0.15) is 6.92 Å². The molecule has 1 aromatic rings. The molecule has 0 heterocycles. The summed E-state index contributed by atoms with van der Waals surface area (Å²) in [5, 5.41) is 13.6. The number of benzene rings is 1. The molecule has 18 heavy (non-hydrogen) atoms. The van der Waals surface area contributed by atoms with Crippen LogP contribution < -0.4 is 10.6 Å². The number of aliphatic carboxylic acids is 1. The maximum atomic E-state index is 12.8. The van der Waals surface area contributed by atoms with Gasteiger partial charge in [-0.05, 0) is 25.1 Å². The molecule has 3 N–H and O–H groups in total. The highest BCUT2D eigenvalue weighted by Crippen LogP contribution is 2.22. The first-order valence-electron chi connectivity index (χ1n) is 5.11. The van der Waals surface area contributed by atoms with Gasteiger partial charge < -0.3 is 10.4 Å². The van der Waals surface area contributed by atoms with Crippen LogP contribution in [0, 0.1) is 5.82 Å². The minimum atomic E-state index is -1.05. The van der Waals surface area contributed by atoms with E-state index in [0.717, 1.165) is 12.1 Å². The topological polar surface area (TPSA) is 78.4 Å². The van der Waals surface area contributed by atoms with Crippen molar-refractivity contribution >= 4 is 29.2 Å². The lowest BCUT2D eigenvalue weighted by atomic mass is 10.3. The van der Waals surface area contributed by atoms with E-state index in [1.54, 1.807) is 0 Å². The molecule has 0 aromatic heterocycles. The molecule has 1 aromatic carbocycles. The summed E-state index contributed by atoms with van der Waals surface area (Å²) in [5.74, 6) is -2.02. The zero-order valence-corrected chi connectivity index (χ0v) is 10.3. The van der Waals surface area contributed by atoms with Gasteiger partial charge in [0.15, 0.2) is 0 Å². The molecule has 7 heteroatoms. The van der Waals surface area contributed by atoms with E-state index in [1.807, 2.05) is 0 Å². The molecular weight excluding hydrogens is 263 g/mol. The minimum Gasteiger partial charge on any atom is -0.480 e. The predicted molar refractivity (Wildman–Crippen MR) is 65.1 cm³/mol. The van der Waals surface area contributed by atoms with Gasteiger partial charge in [-0.1, -0.05) is 11.6 Å². The Balaban J connectivity index is 2.52. The van der Waals surface area contributed by atoms with Crippen LogP contribution in [0.5, 0.6) is 0 Å². The summed E-state index contributed by atoms with van der Waals surface area (Å²) in [5.41, 5.74) is 0.271. The van der Waals surface area contributed by atoms with Crippen molar-refractivity contribution < 1.29 is 19.1 Å². The monoisotopic (exact) mass is 274 g/mol. The van der Waals surface area contributed by atoms with Crippen molar-refractivity contribution in [3.05, 3.63) is 29.0 Å². The second-order valence-electron chi connectivity index (χ2n) is 3.61. The number of nitrogens with one attached hydrogen (secondary N) is 2. The van der Waals surface area contributed by atoms with E-state index < -0.39 is 23.7 Å². The SMILES string of the molecule is CC(NCC(=O)Nc1ccc(F)cc1Cl)C(=O)O. The number of anilines is 1. The quantitative estimate of drug-likeness (QED) is 0.760. The summed E-state index contributed by atoms with van der Waals surface area (Å²) >= 11 is 5.72. The van der Waals surface area contributed by atoms with Crippen molar-refractivity contribution in [3.8, 4) is 0 Å². The Kier molecular flexibility index (Phi) is 5.06. The van der Waals surface area contributed by atoms with E-state index in [9.17, 15) is 14.0 Å². The highest BCUT2D eigenvalue weighted by molar-refractivity contribution is 6.33. The molecule has 1 amide bonds. The fourth-order valence-electron chi connectivity index (χ4n) is 1.12. The Morgan fingerprint density at radius 2 is 2.17 bits per heavy atom. The van der Waals surface area contributed by atoms with Crippen LogP contribution in [0.25, 0.3) is 0 Å². The van der Waals surface area contributed by atoms with Crippen LogP contribution in [-0.2, 0) is 9.59 Å². The first-order chi connectivity index (χ1) is 8.40. The Morgan fingerprint density at radius 1 is 1.50 bits per heavy atom. The van der Waals surface area contributed by atoms with Crippen LogP contribution in [-0.4, -0.2) is 29.6 Å². The third-order valence-electron chi connectivity index (χ3n) is 2.14. The molecule has 0 saturated heterocycles. The molecule has 0 aliphatic carbocycles. The van der Waals surface area contributed by atoms with Crippen molar-refractivity contribution in [1.82, 2.24) is 5.32 Å². The van der Waals surface area contributed by atoms with Gasteiger partial charge in [-0.2, -0.15) is 0 Å². The van der Waals surface area contributed by atoms with Crippen molar-refractivity contribution in [2.45, 2.75) is 13.0 Å². The predicted octanol–water partition coefficient (Wildman–Crippen LogP) is 1.48. The van der Waals surface area contributed by atoms with Crippen molar-refractivity contribution in [1.29, 1.82) is 0 Å². The summed E-state index contributed by atoms with van der Waals surface area (Å²) in [4.78, 5) is 22.0. The Labute approximate surface area is 108 Å². The molecule has 0 fully saturated rings. The van der Waals surface area contributed by atoms with Crippen LogP contribution >= 0.6 is 11.6 Å². The number of rotatable bonds is 5. The number of carbonyl (C=O) groups is 2. The number of amides is 1. The van der Waals surface area contributed by atoms with Crippen molar-refractivity contribution in [3.63, 3.8) is 0 Å². The molecule has 0 aliphatic heterocycles. The van der Waals surface area contributed by atoms with Crippen molar-refractivity contribution in [2.24, 2.45) is 0 Å². The Morgan fingerprint density at radius 3 is 2.72 bits per heavy atom. The molecular formula is C11H12ClFN2O3. The van der Waals surface area contributed by atoms with E-state index in [0.29, 0.717) is 0 Å². The molecule has 5 nitrogen and oxygen atoms in total. The standard InChI is InChI=1S/C11H12ClFN2O3/c1-6(11(17)18)14-5-10(16)15-9-3-2-7(13)4-8(9)12/h2-4,6,14H,5H2,1H3,(H,15,16)(H,17,18). The second-order valence-corrected chi connectivity index (χ2v) is 4.02. The molecule has 0 bridgehead atoms. The number of carbonyl (C=O) groups excluding carboxylic acids is 1. The maximum Gasteiger partial charge on any atom is 0.320 e. The molecule has 1 unspecified atom stereocenters. The summed E-state index contributed by atoms with van der Waals surface area (Å²) in [6, 6.07) is 2.73.